The number of nitrogens with zero attached hydrogens (tertiary/aromatic N) is 4. The Bertz CT molecular complexity index is 831. The van der Waals surface area contributed by atoms with Gasteiger partial charge in [0, 0.05) is 38.6 Å². The van der Waals surface area contributed by atoms with Gasteiger partial charge in [-0.05, 0) is 37.7 Å². The number of carbonyl (C=O) groups is 2. The standard InChI is InChI=1S/C20H24N4O2/c1-21-11-6-9-17(21)19(26)23-12-10-20(14-23)15-24(18(25)13-22(20)2)16-7-4-3-5-8-16/h3-9,11H,10,12-15H2,1-2H3/t20-/m0/s1. The molecule has 136 valence electrons. The average molecular weight is 352 g/mol. The highest BCUT2D eigenvalue weighted by Crippen LogP contribution is 2.33. The minimum absolute atomic E-state index is 0.0611. The van der Waals surface area contributed by atoms with E-state index in [4.69, 9.17) is 0 Å². The number of likely N-dealkylation sites (N-methyl/N-ethyl adjacent to an activating group) is 1. The van der Waals surface area contributed by atoms with Crippen LogP contribution in [0, 0.1) is 0 Å². The molecule has 2 aliphatic heterocycles. The van der Waals surface area contributed by atoms with Gasteiger partial charge in [-0.25, -0.2) is 0 Å². The van der Waals surface area contributed by atoms with Gasteiger partial charge in [0.15, 0.2) is 0 Å². The van der Waals surface area contributed by atoms with Crippen LogP contribution in [0.1, 0.15) is 16.9 Å². The number of hydrogen-bond donors (Lipinski definition) is 0. The number of aryl methyl sites for hydroxylation is 1. The number of likely N-dealkylation sites (tertiary alicyclic amines) is 1. The normalized spacial score (nSPS) is 23.8. The van der Waals surface area contributed by atoms with E-state index in [0.29, 0.717) is 31.9 Å². The second kappa shape index (κ2) is 6.29. The first-order chi connectivity index (χ1) is 12.5. The Labute approximate surface area is 153 Å². The molecule has 26 heavy (non-hydrogen) atoms. The molecule has 1 aromatic heterocycles. The molecule has 6 nitrogen and oxygen atoms in total. The van der Waals surface area contributed by atoms with Crippen molar-refractivity contribution >= 4 is 17.5 Å². The highest BCUT2D eigenvalue weighted by atomic mass is 16.2. The molecule has 2 saturated heterocycles. The van der Waals surface area contributed by atoms with E-state index >= 15 is 0 Å². The fraction of sp³-hybridized carbons (Fsp3) is 0.400. The van der Waals surface area contributed by atoms with Crippen molar-refractivity contribution in [3.05, 3.63) is 54.4 Å². The predicted octanol–water partition coefficient (Wildman–Crippen LogP) is 1.59. The van der Waals surface area contributed by atoms with Crippen LogP contribution in [0.5, 0.6) is 0 Å². The number of benzene rings is 1. The van der Waals surface area contributed by atoms with Gasteiger partial charge in [0.2, 0.25) is 5.91 Å². The van der Waals surface area contributed by atoms with E-state index in [1.54, 1.807) is 0 Å². The van der Waals surface area contributed by atoms with E-state index in [9.17, 15) is 9.59 Å². The number of hydrogen-bond acceptors (Lipinski definition) is 3. The smallest absolute Gasteiger partial charge is 0.270 e. The zero-order valence-electron chi connectivity index (χ0n) is 15.3. The molecular weight excluding hydrogens is 328 g/mol. The van der Waals surface area contributed by atoms with Crippen molar-refractivity contribution in [1.82, 2.24) is 14.4 Å². The molecule has 0 radical (unpaired) electrons. The molecule has 0 bridgehead atoms. The van der Waals surface area contributed by atoms with Crippen molar-refractivity contribution < 1.29 is 9.59 Å². The van der Waals surface area contributed by atoms with Gasteiger partial charge in [0.1, 0.15) is 5.69 Å². The van der Waals surface area contributed by atoms with Gasteiger partial charge in [-0.15, -0.1) is 0 Å². The van der Waals surface area contributed by atoms with Crippen molar-refractivity contribution in [2.75, 3.05) is 38.1 Å². The molecule has 2 aliphatic rings. The van der Waals surface area contributed by atoms with Crippen molar-refractivity contribution in [2.45, 2.75) is 12.0 Å². The van der Waals surface area contributed by atoms with Crippen molar-refractivity contribution in [3.8, 4) is 0 Å². The van der Waals surface area contributed by atoms with Crippen LogP contribution in [0.15, 0.2) is 48.7 Å². The maximum Gasteiger partial charge on any atom is 0.270 e. The lowest BCUT2D eigenvalue weighted by Gasteiger charge is -2.46. The minimum Gasteiger partial charge on any atom is -0.347 e. The molecule has 4 rings (SSSR count). The molecule has 6 heteroatoms. The maximum absolute atomic E-state index is 12.9. The largest absolute Gasteiger partial charge is 0.347 e. The fourth-order valence-electron chi connectivity index (χ4n) is 4.12. The number of carbonyl (C=O) groups excluding carboxylic acids is 2. The summed E-state index contributed by atoms with van der Waals surface area (Å²) in [5, 5.41) is 0. The molecule has 2 fully saturated rings. The lowest BCUT2D eigenvalue weighted by molar-refractivity contribution is -0.123. The topological polar surface area (TPSA) is 48.8 Å². The molecule has 2 amide bonds. The molecule has 0 aliphatic carbocycles. The second-order valence-corrected chi connectivity index (χ2v) is 7.38. The summed E-state index contributed by atoms with van der Waals surface area (Å²) >= 11 is 0. The van der Waals surface area contributed by atoms with E-state index in [-0.39, 0.29) is 17.4 Å². The number of amides is 2. The van der Waals surface area contributed by atoms with Crippen molar-refractivity contribution in [3.63, 3.8) is 0 Å². The van der Waals surface area contributed by atoms with Crippen molar-refractivity contribution in [2.24, 2.45) is 7.05 Å². The lowest BCUT2D eigenvalue weighted by atomic mass is 9.92. The number of piperazine rings is 1. The number of rotatable bonds is 2. The molecule has 1 atom stereocenters. The van der Waals surface area contributed by atoms with Crippen LogP contribution in [-0.4, -0.2) is 64.9 Å². The van der Waals surface area contributed by atoms with Crippen LogP contribution < -0.4 is 4.90 Å². The summed E-state index contributed by atoms with van der Waals surface area (Å²) < 4.78 is 1.86. The maximum atomic E-state index is 12.9. The van der Waals surface area contributed by atoms with Crippen molar-refractivity contribution in [1.29, 1.82) is 0 Å². The number of para-hydroxylation sites is 1. The number of aromatic nitrogens is 1. The summed E-state index contributed by atoms with van der Waals surface area (Å²) in [7, 11) is 3.89. The van der Waals surface area contributed by atoms with Crippen LogP contribution in [-0.2, 0) is 11.8 Å². The van der Waals surface area contributed by atoms with Gasteiger partial charge in [0.25, 0.3) is 5.91 Å². The summed E-state index contributed by atoms with van der Waals surface area (Å²) in [6, 6.07) is 13.5. The van der Waals surface area contributed by atoms with Gasteiger partial charge in [-0.3, -0.25) is 14.5 Å². The van der Waals surface area contributed by atoms with Crippen LogP contribution in [0.25, 0.3) is 0 Å². The monoisotopic (exact) mass is 352 g/mol. The zero-order valence-corrected chi connectivity index (χ0v) is 15.3. The van der Waals surface area contributed by atoms with E-state index in [2.05, 4.69) is 4.90 Å². The summed E-state index contributed by atoms with van der Waals surface area (Å²) in [5.74, 6) is 0.169. The quantitative estimate of drug-likeness (QED) is 0.825. The second-order valence-electron chi connectivity index (χ2n) is 7.38. The Morgan fingerprint density at radius 2 is 1.81 bits per heavy atom. The van der Waals surface area contributed by atoms with Gasteiger partial charge >= 0.3 is 0 Å². The predicted molar refractivity (Wildman–Crippen MR) is 100 cm³/mol. The first kappa shape index (κ1) is 16.8. The molecule has 0 N–H and O–H groups in total. The Morgan fingerprint density at radius 1 is 1.04 bits per heavy atom. The molecular formula is C20H24N4O2. The SMILES string of the molecule is CN1CC(=O)N(c2ccccc2)C[C@@]12CCN(C(=O)c1cccn1C)C2. The van der Waals surface area contributed by atoms with Crippen LogP contribution in [0.4, 0.5) is 5.69 Å². The lowest BCUT2D eigenvalue weighted by Crippen LogP contribution is -2.64. The van der Waals surface area contributed by atoms with Gasteiger partial charge in [-0.1, -0.05) is 18.2 Å². The highest BCUT2D eigenvalue weighted by molar-refractivity contribution is 5.96. The molecule has 2 aromatic rings. The fourth-order valence-corrected chi connectivity index (χ4v) is 4.12. The molecule has 1 spiro atoms. The third-order valence-corrected chi connectivity index (χ3v) is 5.79. The van der Waals surface area contributed by atoms with Gasteiger partial charge in [-0.2, -0.15) is 0 Å². The average Bonchev–Trinajstić information content (AvgIpc) is 3.26. The Balaban J connectivity index is 1.57. The summed E-state index contributed by atoms with van der Waals surface area (Å²) in [5.41, 5.74) is 1.44. The summed E-state index contributed by atoms with van der Waals surface area (Å²) in [4.78, 5) is 31.4. The van der Waals surface area contributed by atoms with E-state index in [1.165, 1.54) is 0 Å². The Kier molecular flexibility index (Phi) is 4.07. The summed E-state index contributed by atoms with van der Waals surface area (Å²) in [6.45, 7) is 2.35. The Hall–Kier alpha value is -2.60. The van der Waals surface area contributed by atoms with Crippen LogP contribution >= 0.6 is 0 Å². The van der Waals surface area contributed by atoms with Gasteiger partial charge < -0.3 is 14.4 Å². The third-order valence-electron chi connectivity index (χ3n) is 5.79. The number of anilines is 1. The zero-order chi connectivity index (χ0) is 18.3. The Morgan fingerprint density at radius 3 is 2.50 bits per heavy atom. The third kappa shape index (κ3) is 2.70. The molecule has 0 unspecified atom stereocenters. The van der Waals surface area contributed by atoms with Crippen LogP contribution in [0.2, 0.25) is 0 Å². The van der Waals surface area contributed by atoms with Gasteiger partial charge in [0.05, 0.1) is 12.1 Å². The molecule has 1 aromatic carbocycles. The summed E-state index contributed by atoms with van der Waals surface area (Å²) in [6.07, 6.45) is 2.76. The first-order valence-electron chi connectivity index (χ1n) is 8.97. The minimum atomic E-state index is -0.190. The van der Waals surface area contributed by atoms with Crippen LogP contribution in [0.3, 0.4) is 0 Å². The van der Waals surface area contributed by atoms with E-state index < -0.39 is 0 Å². The highest BCUT2D eigenvalue weighted by Gasteiger charge is 2.48. The molecule has 0 saturated carbocycles. The van der Waals surface area contributed by atoms with E-state index in [1.807, 2.05) is 77.1 Å². The molecule has 3 heterocycles. The van der Waals surface area contributed by atoms with E-state index in [0.717, 1.165) is 12.1 Å². The first-order valence-corrected chi connectivity index (χ1v) is 8.97.